The van der Waals surface area contributed by atoms with Crippen LogP contribution in [0.3, 0.4) is 0 Å². The Hall–Kier alpha value is -4.89. The zero-order valence-electron chi connectivity index (χ0n) is 23.8. The van der Waals surface area contributed by atoms with E-state index < -0.39 is 6.04 Å². The molecule has 7 nitrogen and oxygen atoms in total. The summed E-state index contributed by atoms with van der Waals surface area (Å²) in [7, 11) is 0. The Labute approximate surface area is 253 Å². The average Bonchev–Trinajstić information content (AvgIpc) is 3.42. The van der Waals surface area contributed by atoms with E-state index in [0.29, 0.717) is 51.7 Å². The number of anilines is 2. The second kappa shape index (κ2) is 12.5. The minimum absolute atomic E-state index is 0.255. The summed E-state index contributed by atoms with van der Waals surface area (Å²) in [4.78, 5) is 18.5. The highest BCUT2D eigenvalue weighted by molar-refractivity contribution is 7.98. The molecule has 1 aromatic heterocycles. The van der Waals surface area contributed by atoms with Crippen LogP contribution in [0.4, 0.5) is 16.0 Å². The molecule has 0 radical (unpaired) electrons. The molecule has 0 fully saturated rings. The van der Waals surface area contributed by atoms with E-state index in [2.05, 4.69) is 23.6 Å². The number of benzene rings is 4. The number of hydrogen-bond donors (Lipinski definition) is 2. The number of aromatic nitrogens is 3. The molecule has 9 heteroatoms. The number of para-hydroxylation sites is 1. The van der Waals surface area contributed by atoms with Crippen molar-refractivity contribution in [3.8, 4) is 5.75 Å². The van der Waals surface area contributed by atoms with E-state index in [-0.39, 0.29) is 11.7 Å². The second-order valence-corrected chi connectivity index (χ2v) is 11.2. The molecule has 0 saturated carbocycles. The number of carbonyl (C=O) groups excluding carboxylic acids is 1. The number of nitrogens with one attached hydrogen (secondary N) is 2. The number of rotatable bonds is 9. The molecule has 2 heterocycles. The summed E-state index contributed by atoms with van der Waals surface area (Å²) in [5.74, 6) is 1.03. The molecule has 6 rings (SSSR count). The van der Waals surface area contributed by atoms with Gasteiger partial charge in [-0.05, 0) is 66.4 Å². The third kappa shape index (κ3) is 6.32. The van der Waals surface area contributed by atoms with Gasteiger partial charge >= 0.3 is 0 Å². The van der Waals surface area contributed by atoms with Gasteiger partial charge in [-0.2, -0.15) is 4.98 Å². The van der Waals surface area contributed by atoms with E-state index in [4.69, 9.17) is 14.8 Å². The van der Waals surface area contributed by atoms with Crippen LogP contribution >= 0.6 is 11.8 Å². The zero-order valence-corrected chi connectivity index (χ0v) is 24.6. The number of halogens is 1. The van der Waals surface area contributed by atoms with Gasteiger partial charge in [-0.25, -0.2) is 9.07 Å². The van der Waals surface area contributed by atoms with Crippen molar-refractivity contribution in [3.63, 3.8) is 0 Å². The van der Waals surface area contributed by atoms with Gasteiger partial charge in [0.2, 0.25) is 11.1 Å². The second-order valence-electron chi connectivity index (χ2n) is 10.2. The van der Waals surface area contributed by atoms with Crippen LogP contribution in [0.2, 0.25) is 0 Å². The first-order chi connectivity index (χ1) is 21.0. The Bertz CT molecular complexity index is 1800. The maximum atomic E-state index is 14.3. The van der Waals surface area contributed by atoms with Crippen LogP contribution in [0.15, 0.2) is 120 Å². The predicted molar refractivity (Wildman–Crippen MR) is 167 cm³/mol. The number of amides is 1. The molecule has 0 spiro atoms. The van der Waals surface area contributed by atoms with E-state index in [1.165, 1.54) is 17.8 Å². The number of aryl methyl sites for hydroxylation is 1. The van der Waals surface area contributed by atoms with Gasteiger partial charge in [0.15, 0.2) is 0 Å². The summed E-state index contributed by atoms with van der Waals surface area (Å²) in [5.41, 5.74) is 5.50. The van der Waals surface area contributed by atoms with Crippen molar-refractivity contribution in [2.75, 3.05) is 10.6 Å². The van der Waals surface area contributed by atoms with Crippen LogP contribution in [-0.4, -0.2) is 20.7 Å². The van der Waals surface area contributed by atoms with Crippen molar-refractivity contribution >= 4 is 29.3 Å². The first-order valence-electron chi connectivity index (χ1n) is 13.9. The molecule has 1 aliphatic rings. The Morgan fingerprint density at radius 1 is 0.953 bits per heavy atom. The average molecular weight is 592 g/mol. The Kier molecular flexibility index (Phi) is 8.24. The minimum Gasteiger partial charge on any atom is -0.489 e. The van der Waals surface area contributed by atoms with Gasteiger partial charge in [0, 0.05) is 17.1 Å². The summed E-state index contributed by atoms with van der Waals surface area (Å²) in [6.45, 7) is 4.34. The van der Waals surface area contributed by atoms with Crippen LogP contribution in [0.25, 0.3) is 0 Å². The molecule has 1 amide bonds. The lowest BCUT2D eigenvalue weighted by molar-refractivity contribution is -0.113. The lowest BCUT2D eigenvalue weighted by atomic mass is 9.95. The van der Waals surface area contributed by atoms with Crippen LogP contribution in [0.5, 0.6) is 5.75 Å². The van der Waals surface area contributed by atoms with Gasteiger partial charge in [-0.15, -0.1) is 5.10 Å². The maximum Gasteiger partial charge on any atom is 0.255 e. The molecule has 0 bridgehead atoms. The van der Waals surface area contributed by atoms with Gasteiger partial charge in [-0.3, -0.25) is 4.79 Å². The van der Waals surface area contributed by atoms with Gasteiger partial charge in [0.25, 0.3) is 5.91 Å². The molecule has 1 atom stereocenters. The van der Waals surface area contributed by atoms with E-state index >= 15 is 0 Å². The number of fused-ring (bicyclic) bond motifs is 1. The summed E-state index contributed by atoms with van der Waals surface area (Å²) in [5, 5.41) is 11.5. The van der Waals surface area contributed by atoms with E-state index in [9.17, 15) is 9.18 Å². The Morgan fingerprint density at radius 3 is 2.49 bits per heavy atom. The van der Waals surface area contributed by atoms with Crippen molar-refractivity contribution in [2.24, 2.45) is 0 Å². The monoisotopic (exact) mass is 591 g/mol. The normalized spacial score (nSPS) is 14.2. The number of allylic oxidation sites excluding steroid dienone is 1. The first kappa shape index (κ1) is 28.2. The lowest BCUT2D eigenvalue weighted by Gasteiger charge is -2.29. The minimum atomic E-state index is -0.586. The molecule has 2 N–H and O–H groups in total. The number of hydrogen-bond acceptors (Lipinski definition) is 6. The quantitative estimate of drug-likeness (QED) is 0.173. The number of nitrogens with zero attached hydrogens (tertiary/aromatic N) is 3. The third-order valence-electron chi connectivity index (χ3n) is 7.25. The summed E-state index contributed by atoms with van der Waals surface area (Å²) >= 11 is 1.34. The topological polar surface area (TPSA) is 81.1 Å². The maximum absolute atomic E-state index is 14.3. The Balaban J connectivity index is 1.33. The van der Waals surface area contributed by atoms with Crippen LogP contribution in [0.1, 0.15) is 35.2 Å². The van der Waals surface area contributed by atoms with Gasteiger partial charge < -0.3 is 15.4 Å². The van der Waals surface area contributed by atoms with Crippen molar-refractivity contribution in [2.45, 2.75) is 37.4 Å². The SMILES string of the molecule is CC1=C(C(=O)Nc2ccccc2)C(c2cccc(OCc3ccccc3C)c2)n2nc(SCc3ccccc3F)nc2N1. The molecular weight excluding hydrogens is 561 g/mol. The lowest BCUT2D eigenvalue weighted by Crippen LogP contribution is -2.31. The number of carbonyl (C=O) groups is 1. The molecule has 0 saturated heterocycles. The molecule has 216 valence electrons. The standard InChI is InChI=1S/C34H30FN5O2S/c1-22-11-6-7-12-25(22)20-42-28-17-10-14-24(19-28)31-30(32(41)37-27-15-4-3-5-16-27)23(2)36-33-38-34(39-40(31)33)43-21-26-13-8-9-18-29(26)35/h3-19,31H,20-21H2,1-2H3,(H,37,41)(H,36,38,39). The van der Waals surface area contributed by atoms with E-state index in [1.807, 2.05) is 79.7 Å². The molecule has 43 heavy (non-hydrogen) atoms. The summed E-state index contributed by atoms with van der Waals surface area (Å²) < 4.78 is 22.2. The number of thioether (sulfide) groups is 1. The fourth-order valence-corrected chi connectivity index (χ4v) is 5.80. The van der Waals surface area contributed by atoms with Gasteiger partial charge in [0.1, 0.15) is 24.2 Å². The zero-order chi connectivity index (χ0) is 29.8. The van der Waals surface area contributed by atoms with Gasteiger partial charge in [-0.1, -0.05) is 84.6 Å². The molecule has 1 aliphatic heterocycles. The predicted octanol–water partition coefficient (Wildman–Crippen LogP) is 7.52. The summed E-state index contributed by atoms with van der Waals surface area (Å²) in [6, 6.07) is 31.2. The molecule has 1 unspecified atom stereocenters. The highest BCUT2D eigenvalue weighted by Gasteiger charge is 2.34. The fourth-order valence-electron chi connectivity index (χ4n) is 4.98. The highest BCUT2D eigenvalue weighted by atomic mass is 32.2. The molecule has 4 aromatic carbocycles. The fraction of sp³-hybridized carbons (Fsp3) is 0.147. The summed E-state index contributed by atoms with van der Waals surface area (Å²) in [6.07, 6.45) is 0. The van der Waals surface area contributed by atoms with Crippen molar-refractivity contribution in [3.05, 3.63) is 142 Å². The molecule has 5 aromatic rings. The molecule has 0 aliphatic carbocycles. The van der Waals surface area contributed by atoms with Crippen LogP contribution < -0.4 is 15.4 Å². The Morgan fingerprint density at radius 2 is 1.70 bits per heavy atom. The highest BCUT2D eigenvalue weighted by Crippen LogP contribution is 2.38. The van der Waals surface area contributed by atoms with Crippen LogP contribution in [0, 0.1) is 12.7 Å². The smallest absolute Gasteiger partial charge is 0.255 e. The first-order valence-corrected chi connectivity index (χ1v) is 14.9. The molecular formula is C34H30FN5O2S. The van der Waals surface area contributed by atoms with E-state index in [0.717, 1.165) is 16.7 Å². The van der Waals surface area contributed by atoms with Crippen molar-refractivity contribution in [1.29, 1.82) is 0 Å². The third-order valence-corrected chi connectivity index (χ3v) is 8.14. The largest absolute Gasteiger partial charge is 0.489 e. The van der Waals surface area contributed by atoms with Crippen molar-refractivity contribution < 1.29 is 13.9 Å². The van der Waals surface area contributed by atoms with Crippen molar-refractivity contribution in [1.82, 2.24) is 14.8 Å². The number of ether oxygens (including phenoxy) is 1. The van der Waals surface area contributed by atoms with Gasteiger partial charge in [0.05, 0.1) is 5.57 Å². The van der Waals surface area contributed by atoms with Crippen LogP contribution in [-0.2, 0) is 17.2 Å². The van der Waals surface area contributed by atoms with E-state index in [1.54, 1.807) is 22.9 Å².